The van der Waals surface area contributed by atoms with Crippen LogP contribution in [0.5, 0.6) is 0 Å². The molecule has 1 aromatic heterocycles. The van der Waals surface area contributed by atoms with Crippen LogP contribution < -0.4 is 0 Å². The predicted octanol–water partition coefficient (Wildman–Crippen LogP) is 2.37. The Morgan fingerprint density at radius 2 is 2.16 bits per heavy atom. The SMILES string of the molecule is CCn1nc(C)cc1COC1CCC(C(=O)O)CC1. The van der Waals surface area contributed by atoms with Crippen LogP contribution in [0.3, 0.4) is 0 Å². The minimum atomic E-state index is -0.668. The Morgan fingerprint density at radius 1 is 1.47 bits per heavy atom. The molecule has 0 unspecified atom stereocenters. The molecule has 1 heterocycles. The molecule has 19 heavy (non-hydrogen) atoms. The molecular weight excluding hydrogens is 244 g/mol. The van der Waals surface area contributed by atoms with Crippen molar-refractivity contribution in [2.24, 2.45) is 5.92 Å². The highest BCUT2D eigenvalue weighted by molar-refractivity contribution is 5.70. The third-order valence-corrected chi connectivity index (χ3v) is 3.78. The number of nitrogens with zero attached hydrogens (tertiary/aromatic N) is 2. The van der Waals surface area contributed by atoms with Gasteiger partial charge in [0, 0.05) is 6.54 Å². The summed E-state index contributed by atoms with van der Waals surface area (Å²) in [7, 11) is 0. The number of rotatable bonds is 5. The fourth-order valence-electron chi connectivity index (χ4n) is 2.67. The second-order valence-electron chi connectivity index (χ2n) is 5.22. The lowest BCUT2D eigenvalue weighted by Gasteiger charge is -2.26. The van der Waals surface area contributed by atoms with Gasteiger partial charge in [0.05, 0.1) is 30.0 Å². The Kier molecular flexibility index (Phi) is 4.58. The molecule has 1 aromatic rings. The molecule has 5 nitrogen and oxygen atoms in total. The van der Waals surface area contributed by atoms with Crippen molar-refractivity contribution in [1.29, 1.82) is 0 Å². The van der Waals surface area contributed by atoms with Crippen molar-refractivity contribution in [2.75, 3.05) is 0 Å². The minimum absolute atomic E-state index is 0.178. The van der Waals surface area contributed by atoms with E-state index in [1.807, 2.05) is 17.7 Å². The number of carboxylic acid groups (broad SMARTS) is 1. The Hall–Kier alpha value is -1.36. The van der Waals surface area contributed by atoms with Crippen LogP contribution in [-0.4, -0.2) is 27.0 Å². The summed E-state index contributed by atoms with van der Waals surface area (Å²) < 4.78 is 7.86. The summed E-state index contributed by atoms with van der Waals surface area (Å²) >= 11 is 0. The highest BCUT2D eigenvalue weighted by Gasteiger charge is 2.26. The maximum absolute atomic E-state index is 10.9. The van der Waals surface area contributed by atoms with Gasteiger partial charge < -0.3 is 9.84 Å². The first kappa shape index (κ1) is 14.1. The first-order chi connectivity index (χ1) is 9.10. The average Bonchev–Trinajstić information content (AvgIpc) is 2.77. The number of carbonyl (C=O) groups is 1. The molecule has 0 aliphatic heterocycles. The average molecular weight is 266 g/mol. The maximum atomic E-state index is 10.9. The van der Waals surface area contributed by atoms with Gasteiger partial charge in [-0.25, -0.2) is 0 Å². The number of ether oxygens (including phenoxy) is 1. The molecule has 1 aliphatic rings. The van der Waals surface area contributed by atoms with Crippen molar-refractivity contribution in [3.63, 3.8) is 0 Å². The van der Waals surface area contributed by atoms with Gasteiger partial charge in [0.1, 0.15) is 0 Å². The van der Waals surface area contributed by atoms with Crippen LogP contribution >= 0.6 is 0 Å². The zero-order valence-electron chi connectivity index (χ0n) is 11.6. The predicted molar refractivity (Wildman–Crippen MR) is 70.8 cm³/mol. The van der Waals surface area contributed by atoms with Crippen LogP contribution in [0.25, 0.3) is 0 Å². The molecule has 0 spiro atoms. The van der Waals surface area contributed by atoms with Crippen LogP contribution in [0, 0.1) is 12.8 Å². The van der Waals surface area contributed by atoms with E-state index in [0.29, 0.717) is 6.61 Å². The van der Waals surface area contributed by atoms with Crippen LogP contribution in [0.2, 0.25) is 0 Å². The third-order valence-electron chi connectivity index (χ3n) is 3.78. The van der Waals surface area contributed by atoms with Gasteiger partial charge >= 0.3 is 5.97 Å². The van der Waals surface area contributed by atoms with Crippen LogP contribution in [-0.2, 0) is 22.7 Å². The van der Waals surface area contributed by atoms with Crippen molar-refractivity contribution in [2.45, 2.75) is 58.8 Å². The standard InChI is InChI=1S/C14H22N2O3/c1-3-16-12(8-10(2)15-16)9-19-13-6-4-11(5-7-13)14(17)18/h8,11,13H,3-7,9H2,1-2H3,(H,17,18). The smallest absolute Gasteiger partial charge is 0.306 e. The van der Waals surface area contributed by atoms with Gasteiger partial charge in [-0.05, 0) is 45.6 Å². The molecule has 0 radical (unpaired) electrons. The maximum Gasteiger partial charge on any atom is 0.306 e. The molecule has 1 saturated carbocycles. The molecule has 0 amide bonds. The number of aromatic nitrogens is 2. The molecule has 1 aliphatic carbocycles. The lowest BCUT2D eigenvalue weighted by Crippen LogP contribution is -2.26. The Labute approximate surface area is 113 Å². The Morgan fingerprint density at radius 3 is 2.74 bits per heavy atom. The summed E-state index contributed by atoms with van der Waals surface area (Å²) in [4.78, 5) is 10.9. The van der Waals surface area contributed by atoms with Crippen molar-refractivity contribution in [3.8, 4) is 0 Å². The zero-order chi connectivity index (χ0) is 13.8. The summed E-state index contributed by atoms with van der Waals surface area (Å²) in [5.41, 5.74) is 2.11. The number of hydrogen-bond donors (Lipinski definition) is 1. The normalized spacial score (nSPS) is 23.5. The van der Waals surface area contributed by atoms with Gasteiger partial charge in [-0.3, -0.25) is 9.48 Å². The molecule has 0 atom stereocenters. The van der Waals surface area contributed by atoms with E-state index in [0.717, 1.165) is 43.6 Å². The number of carboxylic acids is 1. The number of aryl methyl sites for hydroxylation is 2. The van der Waals surface area contributed by atoms with Gasteiger partial charge in [0.2, 0.25) is 0 Å². The molecule has 1 fully saturated rings. The molecular formula is C14H22N2O3. The second-order valence-corrected chi connectivity index (χ2v) is 5.22. The molecule has 2 rings (SSSR count). The lowest BCUT2D eigenvalue weighted by atomic mass is 9.87. The summed E-state index contributed by atoms with van der Waals surface area (Å²) in [5.74, 6) is -0.846. The Balaban J connectivity index is 1.82. The van der Waals surface area contributed by atoms with E-state index < -0.39 is 5.97 Å². The highest BCUT2D eigenvalue weighted by atomic mass is 16.5. The monoisotopic (exact) mass is 266 g/mol. The number of aliphatic carboxylic acids is 1. The van der Waals surface area contributed by atoms with E-state index in [4.69, 9.17) is 9.84 Å². The highest BCUT2D eigenvalue weighted by Crippen LogP contribution is 2.27. The van der Waals surface area contributed by atoms with Crippen molar-refractivity contribution in [3.05, 3.63) is 17.5 Å². The van der Waals surface area contributed by atoms with Gasteiger partial charge in [-0.15, -0.1) is 0 Å². The van der Waals surface area contributed by atoms with Gasteiger partial charge in [-0.2, -0.15) is 5.10 Å². The van der Waals surface area contributed by atoms with E-state index in [1.54, 1.807) is 0 Å². The van der Waals surface area contributed by atoms with E-state index in [9.17, 15) is 4.79 Å². The Bertz CT molecular complexity index is 434. The molecule has 1 N–H and O–H groups in total. The van der Waals surface area contributed by atoms with Crippen LogP contribution in [0.15, 0.2) is 6.07 Å². The van der Waals surface area contributed by atoms with E-state index in [1.165, 1.54) is 0 Å². The minimum Gasteiger partial charge on any atom is -0.481 e. The summed E-state index contributed by atoms with van der Waals surface area (Å²) in [6.07, 6.45) is 3.33. The molecule has 0 saturated heterocycles. The first-order valence-electron chi connectivity index (χ1n) is 6.98. The van der Waals surface area contributed by atoms with Crippen molar-refractivity contribution >= 4 is 5.97 Å². The number of hydrogen-bond acceptors (Lipinski definition) is 3. The van der Waals surface area contributed by atoms with Crippen molar-refractivity contribution < 1.29 is 14.6 Å². The largest absolute Gasteiger partial charge is 0.481 e. The van der Waals surface area contributed by atoms with E-state index >= 15 is 0 Å². The topological polar surface area (TPSA) is 64.4 Å². The second kappa shape index (κ2) is 6.19. The molecule has 5 heteroatoms. The lowest BCUT2D eigenvalue weighted by molar-refractivity contribution is -0.143. The summed E-state index contributed by atoms with van der Waals surface area (Å²) in [5, 5.41) is 13.3. The zero-order valence-corrected chi connectivity index (χ0v) is 11.6. The van der Waals surface area contributed by atoms with Crippen molar-refractivity contribution in [1.82, 2.24) is 9.78 Å². The molecule has 0 bridgehead atoms. The van der Waals surface area contributed by atoms with Gasteiger partial charge in [0.15, 0.2) is 0 Å². The first-order valence-corrected chi connectivity index (χ1v) is 6.98. The van der Waals surface area contributed by atoms with E-state index in [2.05, 4.69) is 12.0 Å². The quantitative estimate of drug-likeness (QED) is 0.888. The van der Waals surface area contributed by atoms with Crippen LogP contribution in [0.1, 0.15) is 44.0 Å². The molecule has 106 valence electrons. The van der Waals surface area contributed by atoms with Gasteiger partial charge in [0.25, 0.3) is 0 Å². The summed E-state index contributed by atoms with van der Waals surface area (Å²) in [6, 6.07) is 2.05. The summed E-state index contributed by atoms with van der Waals surface area (Å²) in [6.45, 7) is 5.46. The van der Waals surface area contributed by atoms with E-state index in [-0.39, 0.29) is 12.0 Å². The molecule has 0 aromatic carbocycles. The third kappa shape index (κ3) is 3.56. The van der Waals surface area contributed by atoms with Gasteiger partial charge in [-0.1, -0.05) is 0 Å². The fraction of sp³-hybridized carbons (Fsp3) is 0.714. The van der Waals surface area contributed by atoms with Crippen LogP contribution in [0.4, 0.5) is 0 Å². The fourth-order valence-corrected chi connectivity index (χ4v) is 2.67.